The van der Waals surface area contributed by atoms with Gasteiger partial charge in [-0.3, -0.25) is 0 Å². The molecule has 1 aliphatic rings. The third-order valence-electron chi connectivity index (χ3n) is 1.51. The molecule has 0 spiro atoms. The highest BCUT2D eigenvalue weighted by Gasteiger charge is 2.24. The van der Waals surface area contributed by atoms with Gasteiger partial charge >= 0.3 is 0 Å². The number of thiocarbonyl (C=S) groups is 2. The Balaban J connectivity index is 2.07. The minimum Gasteiger partial charge on any atom is -0.362 e. The van der Waals surface area contributed by atoms with Crippen molar-refractivity contribution in [3.8, 4) is 0 Å². The van der Waals surface area contributed by atoms with Crippen LogP contribution < -0.4 is 5.32 Å². The monoisotopic (exact) mass is 301 g/mol. The van der Waals surface area contributed by atoms with Crippen LogP contribution in [0.5, 0.6) is 0 Å². The van der Waals surface area contributed by atoms with E-state index in [2.05, 4.69) is 11.6 Å². The van der Waals surface area contributed by atoms with Crippen LogP contribution in [0.25, 0.3) is 0 Å². The average molecular weight is 302 g/mol. The molecule has 1 fully saturated rings. The molecule has 0 saturated carbocycles. The maximum atomic E-state index is 5.21. The highest BCUT2D eigenvalue weighted by molar-refractivity contribution is 8.78. The lowest BCUT2D eigenvalue weighted by Gasteiger charge is -2.08. The van der Waals surface area contributed by atoms with Gasteiger partial charge in [-0.25, -0.2) is 0 Å². The van der Waals surface area contributed by atoms with E-state index in [1.807, 2.05) is 33.3 Å². The van der Waals surface area contributed by atoms with Gasteiger partial charge in [-0.1, -0.05) is 57.8 Å². The van der Waals surface area contributed by atoms with E-state index >= 15 is 0 Å². The van der Waals surface area contributed by atoms with Crippen molar-refractivity contribution in [2.45, 2.75) is 12.5 Å². The number of rotatable bonds is 6. The van der Waals surface area contributed by atoms with Gasteiger partial charge in [0.15, 0.2) is 0 Å². The SMILES string of the molecule is CSCSSCCC1NC(=S)SC1=S. The van der Waals surface area contributed by atoms with Crippen molar-refractivity contribution >= 4 is 78.1 Å². The third-order valence-corrected chi connectivity index (χ3v) is 6.96. The largest absolute Gasteiger partial charge is 0.362 e. The second kappa shape index (κ2) is 7.62. The summed E-state index contributed by atoms with van der Waals surface area (Å²) in [5.74, 6) is 1.13. The minimum absolute atomic E-state index is 0.324. The van der Waals surface area contributed by atoms with E-state index in [1.165, 1.54) is 11.8 Å². The highest BCUT2D eigenvalue weighted by atomic mass is 33.1. The van der Waals surface area contributed by atoms with Gasteiger partial charge < -0.3 is 5.32 Å². The van der Waals surface area contributed by atoms with Crippen molar-refractivity contribution in [1.29, 1.82) is 0 Å². The van der Waals surface area contributed by atoms with E-state index in [-0.39, 0.29) is 0 Å². The first-order valence-corrected chi connectivity index (χ1v) is 9.51. The van der Waals surface area contributed by atoms with Crippen molar-refractivity contribution in [2.75, 3.05) is 17.1 Å². The molecule has 7 heteroatoms. The normalized spacial score (nSPS) is 21.4. The van der Waals surface area contributed by atoms with Crippen molar-refractivity contribution in [1.82, 2.24) is 5.32 Å². The third kappa shape index (κ3) is 4.94. The van der Waals surface area contributed by atoms with E-state index in [0.717, 1.165) is 25.8 Å². The number of hydrogen-bond acceptors (Lipinski definition) is 6. The molecule has 14 heavy (non-hydrogen) atoms. The van der Waals surface area contributed by atoms with Crippen LogP contribution in [0.2, 0.25) is 0 Å². The maximum absolute atomic E-state index is 5.21. The van der Waals surface area contributed by atoms with Crippen LogP contribution in [-0.2, 0) is 0 Å². The van der Waals surface area contributed by atoms with Gasteiger partial charge in [0, 0.05) is 10.8 Å². The van der Waals surface area contributed by atoms with Crippen molar-refractivity contribution in [2.24, 2.45) is 0 Å². The summed E-state index contributed by atoms with van der Waals surface area (Å²) in [6, 6.07) is 0.324. The smallest absolute Gasteiger partial charge is 0.139 e. The number of thioether (sulfide) groups is 2. The van der Waals surface area contributed by atoms with Crippen LogP contribution in [0, 0.1) is 0 Å². The molecule has 1 N–H and O–H groups in total. The van der Waals surface area contributed by atoms with Gasteiger partial charge in [0.1, 0.15) is 4.32 Å². The molecule has 1 nitrogen and oxygen atoms in total. The van der Waals surface area contributed by atoms with Gasteiger partial charge in [-0.05, 0) is 12.7 Å². The fourth-order valence-corrected chi connectivity index (χ4v) is 5.82. The predicted octanol–water partition coefficient (Wildman–Crippen LogP) is 3.40. The molecule has 0 aliphatic carbocycles. The molecule has 1 heterocycles. The Hall–Kier alpha value is 1.38. The molecule has 0 amide bonds. The molecule has 80 valence electrons. The first kappa shape index (κ1) is 13.4. The molecule has 1 atom stereocenters. The lowest BCUT2D eigenvalue weighted by atomic mass is 10.3. The van der Waals surface area contributed by atoms with Crippen molar-refractivity contribution in [3.63, 3.8) is 0 Å². The topological polar surface area (TPSA) is 12.0 Å². The van der Waals surface area contributed by atoms with Crippen LogP contribution in [0.3, 0.4) is 0 Å². The van der Waals surface area contributed by atoms with Gasteiger partial charge in [0.2, 0.25) is 0 Å². The summed E-state index contributed by atoms with van der Waals surface area (Å²) in [7, 11) is 3.82. The molecule has 0 bridgehead atoms. The molecule has 1 saturated heterocycles. The zero-order valence-corrected chi connectivity index (χ0v) is 12.5. The summed E-state index contributed by atoms with van der Waals surface area (Å²) in [5, 5.41) is 4.37. The number of nitrogens with one attached hydrogen (secondary N) is 1. The Labute approximate surface area is 112 Å². The van der Waals surface area contributed by atoms with Crippen molar-refractivity contribution in [3.05, 3.63) is 0 Å². The van der Waals surface area contributed by atoms with Crippen molar-refractivity contribution < 1.29 is 0 Å². The molecular weight excluding hydrogens is 290 g/mol. The summed E-state index contributed by atoms with van der Waals surface area (Å²) in [6.07, 6.45) is 3.20. The van der Waals surface area contributed by atoms with Crippen LogP contribution in [0.1, 0.15) is 6.42 Å². The Bertz CT molecular complexity index is 218. The van der Waals surface area contributed by atoms with E-state index in [0.29, 0.717) is 6.04 Å². The molecule has 0 aromatic rings. The van der Waals surface area contributed by atoms with Gasteiger partial charge in [0.05, 0.1) is 10.2 Å². The number of hydrogen-bond donors (Lipinski definition) is 1. The summed E-state index contributed by atoms with van der Waals surface area (Å²) >= 11 is 13.6. The van der Waals surface area contributed by atoms with E-state index in [4.69, 9.17) is 24.4 Å². The van der Waals surface area contributed by atoms with Gasteiger partial charge in [0.25, 0.3) is 0 Å². The highest BCUT2D eigenvalue weighted by Crippen LogP contribution is 2.27. The summed E-state index contributed by atoms with van der Waals surface area (Å²) in [4.78, 5) is 0. The Kier molecular flexibility index (Phi) is 7.32. The van der Waals surface area contributed by atoms with E-state index in [1.54, 1.807) is 0 Å². The summed E-state index contributed by atoms with van der Waals surface area (Å²) in [5.41, 5.74) is 0. The van der Waals surface area contributed by atoms with E-state index in [9.17, 15) is 0 Å². The molecule has 1 aliphatic heterocycles. The Morgan fingerprint density at radius 2 is 2.21 bits per heavy atom. The van der Waals surface area contributed by atoms with Crippen LogP contribution in [0.15, 0.2) is 0 Å². The fraction of sp³-hybridized carbons (Fsp3) is 0.714. The fourth-order valence-electron chi connectivity index (χ4n) is 0.890. The lowest BCUT2D eigenvalue weighted by molar-refractivity contribution is 0.778. The quantitative estimate of drug-likeness (QED) is 0.345. The first-order valence-electron chi connectivity index (χ1n) is 3.99. The molecule has 1 unspecified atom stereocenters. The second-order valence-electron chi connectivity index (χ2n) is 2.54. The van der Waals surface area contributed by atoms with Crippen LogP contribution in [0.4, 0.5) is 0 Å². The maximum Gasteiger partial charge on any atom is 0.139 e. The molecular formula is C7H11NS6. The zero-order valence-electron chi connectivity index (χ0n) is 7.65. The van der Waals surface area contributed by atoms with Gasteiger partial charge in [-0.15, -0.1) is 0 Å². The second-order valence-corrected chi connectivity index (χ2v) is 8.77. The average Bonchev–Trinajstić information content (AvgIpc) is 2.45. The first-order chi connectivity index (χ1) is 6.74. The molecule has 0 aromatic heterocycles. The summed E-state index contributed by atoms with van der Waals surface area (Å²) < 4.78 is 1.84. The predicted molar refractivity (Wildman–Crippen MR) is 82.8 cm³/mol. The zero-order chi connectivity index (χ0) is 10.4. The summed E-state index contributed by atoms with van der Waals surface area (Å²) in [6.45, 7) is 0. The Morgan fingerprint density at radius 1 is 1.43 bits per heavy atom. The molecule has 0 aromatic carbocycles. The minimum atomic E-state index is 0.324. The standard InChI is InChI=1S/C7H11NS6/c1-11-4-13-12-3-2-5-6(9)14-7(10)8-5/h5H,2-4H2,1H3,(H,8,10). The molecule has 0 radical (unpaired) electrons. The van der Waals surface area contributed by atoms with E-state index < -0.39 is 0 Å². The molecule has 1 rings (SSSR count). The van der Waals surface area contributed by atoms with Crippen LogP contribution >= 0.6 is 69.5 Å². The van der Waals surface area contributed by atoms with Gasteiger partial charge in [-0.2, -0.15) is 11.8 Å². The Morgan fingerprint density at radius 3 is 2.79 bits per heavy atom. The van der Waals surface area contributed by atoms with Crippen LogP contribution in [-0.4, -0.2) is 31.7 Å². The lowest BCUT2D eigenvalue weighted by Crippen LogP contribution is -2.28.